The van der Waals surface area contributed by atoms with Crippen LogP contribution in [0.3, 0.4) is 0 Å². The summed E-state index contributed by atoms with van der Waals surface area (Å²) in [6, 6.07) is 0. The van der Waals surface area contributed by atoms with Gasteiger partial charge in [-0.2, -0.15) is 11.8 Å². The molecular weight excluding hydrogens is 423 g/mol. The fourth-order valence-corrected chi connectivity index (χ4v) is 2.46. The molecule has 0 amide bonds. The molecule has 0 aromatic heterocycles. The van der Waals surface area contributed by atoms with E-state index in [4.69, 9.17) is 0 Å². The molecule has 0 unspecified atom stereocenters. The van der Waals surface area contributed by atoms with E-state index in [-0.39, 0.29) is 24.0 Å². The van der Waals surface area contributed by atoms with Crippen LogP contribution in [0.25, 0.3) is 0 Å². The van der Waals surface area contributed by atoms with Crippen LogP contribution in [0.1, 0.15) is 26.2 Å². The van der Waals surface area contributed by atoms with E-state index in [1.807, 2.05) is 18.7 Å². The molecule has 0 fully saturated rings. The van der Waals surface area contributed by atoms with Gasteiger partial charge in [-0.05, 0) is 38.2 Å². The summed E-state index contributed by atoms with van der Waals surface area (Å²) < 4.78 is 24.2. The van der Waals surface area contributed by atoms with Crippen molar-refractivity contribution in [2.75, 3.05) is 44.4 Å². The number of nitrogens with zero attached hydrogens (tertiary/aromatic N) is 1. The van der Waals surface area contributed by atoms with Crippen LogP contribution >= 0.6 is 35.7 Å². The standard InChI is InChI=1S/C12H28N4O2S2.HI/c1-4-13-12(14-8-5-6-11-19-2)15-9-7-10-16-20(3,17)18;/h16H,4-11H2,1-3H3,(H2,13,14,15);1H. The molecule has 0 saturated heterocycles. The summed E-state index contributed by atoms with van der Waals surface area (Å²) in [6.07, 6.45) is 6.29. The minimum absolute atomic E-state index is 0. The van der Waals surface area contributed by atoms with Crippen molar-refractivity contribution in [1.82, 2.24) is 15.4 Å². The van der Waals surface area contributed by atoms with Crippen molar-refractivity contribution < 1.29 is 8.42 Å². The summed E-state index contributed by atoms with van der Waals surface area (Å²) in [5, 5.41) is 6.45. The van der Waals surface area contributed by atoms with Gasteiger partial charge in [0.1, 0.15) is 0 Å². The molecular formula is C12H29IN4O2S2. The Balaban J connectivity index is 0. The second-order valence-electron chi connectivity index (χ2n) is 4.41. The van der Waals surface area contributed by atoms with Crippen molar-refractivity contribution in [1.29, 1.82) is 0 Å². The highest BCUT2D eigenvalue weighted by atomic mass is 127. The Morgan fingerprint density at radius 3 is 2.43 bits per heavy atom. The number of hydrogen-bond donors (Lipinski definition) is 3. The zero-order valence-corrected chi connectivity index (χ0v) is 17.1. The van der Waals surface area contributed by atoms with E-state index >= 15 is 0 Å². The third kappa shape index (κ3) is 18.2. The van der Waals surface area contributed by atoms with Crippen LogP contribution in [-0.4, -0.2) is 58.8 Å². The Kier molecular flexibility index (Phi) is 17.0. The number of guanidine groups is 1. The lowest BCUT2D eigenvalue weighted by molar-refractivity contribution is 0.585. The lowest BCUT2D eigenvalue weighted by Crippen LogP contribution is -2.38. The molecule has 0 atom stereocenters. The van der Waals surface area contributed by atoms with E-state index in [9.17, 15) is 8.42 Å². The van der Waals surface area contributed by atoms with Gasteiger partial charge in [0, 0.05) is 26.2 Å². The normalized spacial score (nSPS) is 11.9. The number of aliphatic imine (C=N–C) groups is 1. The van der Waals surface area contributed by atoms with Crippen LogP contribution < -0.4 is 15.4 Å². The third-order valence-corrected chi connectivity index (χ3v) is 3.81. The molecule has 0 aliphatic rings. The fraction of sp³-hybridized carbons (Fsp3) is 0.917. The maximum absolute atomic E-state index is 10.9. The van der Waals surface area contributed by atoms with E-state index in [2.05, 4.69) is 26.6 Å². The van der Waals surface area contributed by atoms with Gasteiger partial charge in [0.2, 0.25) is 10.0 Å². The molecule has 0 bridgehead atoms. The van der Waals surface area contributed by atoms with Crippen molar-refractivity contribution in [2.45, 2.75) is 26.2 Å². The summed E-state index contributed by atoms with van der Waals surface area (Å²) in [4.78, 5) is 4.41. The maximum atomic E-state index is 10.9. The first-order valence-corrected chi connectivity index (χ1v) is 10.2. The van der Waals surface area contributed by atoms with Gasteiger partial charge >= 0.3 is 0 Å². The molecule has 3 N–H and O–H groups in total. The minimum Gasteiger partial charge on any atom is -0.357 e. The van der Waals surface area contributed by atoms with Crippen LogP contribution in [-0.2, 0) is 10.0 Å². The molecule has 0 saturated carbocycles. The van der Waals surface area contributed by atoms with Crippen molar-refractivity contribution in [3.8, 4) is 0 Å². The molecule has 0 aliphatic heterocycles. The molecule has 0 aliphatic carbocycles. The van der Waals surface area contributed by atoms with Gasteiger partial charge in [-0.1, -0.05) is 0 Å². The second-order valence-corrected chi connectivity index (χ2v) is 7.23. The smallest absolute Gasteiger partial charge is 0.208 e. The first-order valence-electron chi connectivity index (χ1n) is 6.95. The summed E-state index contributed by atoms with van der Waals surface area (Å²) in [5.74, 6) is 1.99. The van der Waals surface area contributed by atoms with Gasteiger partial charge in [-0.15, -0.1) is 24.0 Å². The topological polar surface area (TPSA) is 82.6 Å². The van der Waals surface area contributed by atoms with Crippen LogP contribution in [0.4, 0.5) is 0 Å². The predicted molar refractivity (Wildman–Crippen MR) is 104 cm³/mol. The van der Waals surface area contributed by atoms with Gasteiger partial charge in [-0.3, -0.25) is 4.99 Å². The van der Waals surface area contributed by atoms with E-state index in [0.717, 1.165) is 31.7 Å². The van der Waals surface area contributed by atoms with Crippen molar-refractivity contribution in [2.24, 2.45) is 4.99 Å². The number of hydrogen-bond acceptors (Lipinski definition) is 4. The largest absolute Gasteiger partial charge is 0.357 e. The van der Waals surface area contributed by atoms with Crippen LogP contribution in [0.5, 0.6) is 0 Å². The molecule has 6 nitrogen and oxygen atoms in total. The number of sulfonamides is 1. The Labute approximate surface area is 150 Å². The average Bonchev–Trinajstić information content (AvgIpc) is 2.36. The van der Waals surface area contributed by atoms with Gasteiger partial charge in [0.05, 0.1) is 6.26 Å². The molecule has 9 heteroatoms. The van der Waals surface area contributed by atoms with Crippen LogP contribution in [0.15, 0.2) is 4.99 Å². The zero-order valence-electron chi connectivity index (χ0n) is 13.1. The van der Waals surface area contributed by atoms with E-state index < -0.39 is 10.0 Å². The summed E-state index contributed by atoms with van der Waals surface area (Å²) in [6.45, 7) is 4.78. The number of thioether (sulfide) groups is 1. The number of rotatable bonds is 11. The summed E-state index contributed by atoms with van der Waals surface area (Å²) in [5.41, 5.74) is 0. The van der Waals surface area contributed by atoms with Gasteiger partial charge in [-0.25, -0.2) is 13.1 Å². The first kappa shape index (κ1) is 23.5. The lowest BCUT2D eigenvalue weighted by Gasteiger charge is -2.11. The fourth-order valence-electron chi connectivity index (χ4n) is 1.45. The Bertz CT molecular complexity index is 364. The van der Waals surface area contributed by atoms with Crippen LogP contribution in [0.2, 0.25) is 0 Å². The molecule has 21 heavy (non-hydrogen) atoms. The number of halogens is 1. The second kappa shape index (κ2) is 15.2. The summed E-state index contributed by atoms with van der Waals surface area (Å²) in [7, 11) is -3.09. The van der Waals surface area contributed by atoms with Gasteiger partial charge in [0.25, 0.3) is 0 Å². The molecule has 0 spiro atoms. The van der Waals surface area contributed by atoms with Crippen molar-refractivity contribution in [3.05, 3.63) is 0 Å². The molecule has 0 aromatic rings. The van der Waals surface area contributed by atoms with Crippen LogP contribution in [0, 0.1) is 0 Å². The highest BCUT2D eigenvalue weighted by Gasteiger charge is 1.99. The maximum Gasteiger partial charge on any atom is 0.208 e. The first-order chi connectivity index (χ1) is 9.49. The molecule has 128 valence electrons. The number of unbranched alkanes of at least 4 members (excludes halogenated alkanes) is 1. The highest BCUT2D eigenvalue weighted by Crippen LogP contribution is 1.97. The van der Waals surface area contributed by atoms with Gasteiger partial charge in [0.15, 0.2) is 5.96 Å². The Hall–Kier alpha value is 0.260. The monoisotopic (exact) mass is 452 g/mol. The van der Waals surface area contributed by atoms with E-state index in [1.54, 1.807) is 0 Å². The van der Waals surface area contributed by atoms with Gasteiger partial charge < -0.3 is 10.6 Å². The molecule has 0 heterocycles. The third-order valence-electron chi connectivity index (χ3n) is 2.38. The molecule has 0 rings (SSSR count). The minimum atomic E-state index is -3.09. The van der Waals surface area contributed by atoms with E-state index in [1.165, 1.54) is 12.2 Å². The predicted octanol–water partition coefficient (Wildman–Crippen LogP) is 1.24. The Morgan fingerprint density at radius 1 is 1.14 bits per heavy atom. The van der Waals surface area contributed by atoms with Crippen molar-refractivity contribution in [3.63, 3.8) is 0 Å². The van der Waals surface area contributed by atoms with Crippen molar-refractivity contribution >= 4 is 51.7 Å². The SMILES string of the molecule is CCNC(=NCCCNS(C)(=O)=O)NCCCCSC.I. The zero-order chi connectivity index (χ0) is 15.3. The van der Waals surface area contributed by atoms with E-state index in [0.29, 0.717) is 19.5 Å². The summed E-state index contributed by atoms with van der Waals surface area (Å²) >= 11 is 1.86. The Morgan fingerprint density at radius 2 is 1.86 bits per heavy atom. The molecule has 0 radical (unpaired) electrons. The molecule has 0 aromatic carbocycles. The number of nitrogens with one attached hydrogen (secondary N) is 3. The quantitative estimate of drug-likeness (QED) is 0.190. The lowest BCUT2D eigenvalue weighted by atomic mass is 10.3. The average molecular weight is 452 g/mol. The highest BCUT2D eigenvalue weighted by molar-refractivity contribution is 14.0.